The van der Waals surface area contributed by atoms with Gasteiger partial charge in [-0.3, -0.25) is 9.89 Å². The first-order valence-corrected chi connectivity index (χ1v) is 11.0. The number of nitrogens with one attached hydrogen (secondary N) is 2. The van der Waals surface area contributed by atoms with Crippen molar-refractivity contribution in [2.24, 2.45) is 4.99 Å². The number of aliphatic imine (C=N–C) groups is 1. The molecule has 0 spiro atoms. The van der Waals surface area contributed by atoms with Crippen LogP contribution in [0.5, 0.6) is 5.75 Å². The Labute approximate surface area is 182 Å². The van der Waals surface area contributed by atoms with Crippen molar-refractivity contribution >= 4 is 5.96 Å². The highest BCUT2D eigenvalue weighted by atomic mass is 19.2. The van der Waals surface area contributed by atoms with Crippen molar-refractivity contribution in [2.75, 3.05) is 33.3 Å². The lowest BCUT2D eigenvalue weighted by molar-refractivity contribution is 0.198. The zero-order chi connectivity index (χ0) is 21.6. The van der Waals surface area contributed by atoms with E-state index in [0.29, 0.717) is 18.5 Å². The van der Waals surface area contributed by atoms with Crippen LogP contribution in [0.25, 0.3) is 0 Å². The molecule has 5 nitrogen and oxygen atoms in total. The molecule has 0 aromatic heterocycles. The molecule has 7 heteroatoms. The largest absolute Gasteiger partial charge is 0.493 e. The Balaban J connectivity index is 1.23. The molecule has 1 fully saturated rings. The van der Waals surface area contributed by atoms with E-state index in [1.807, 2.05) is 12.1 Å². The second-order valence-corrected chi connectivity index (χ2v) is 8.27. The van der Waals surface area contributed by atoms with Gasteiger partial charge < -0.3 is 15.4 Å². The molecule has 2 aromatic carbocycles. The summed E-state index contributed by atoms with van der Waals surface area (Å²) in [6, 6.07) is 12.7. The summed E-state index contributed by atoms with van der Waals surface area (Å²) < 4.78 is 32.3. The quantitative estimate of drug-likeness (QED) is 0.564. The number of rotatable bonds is 5. The van der Waals surface area contributed by atoms with Crippen molar-refractivity contribution < 1.29 is 13.5 Å². The third-order valence-corrected chi connectivity index (χ3v) is 6.14. The molecule has 0 saturated carbocycles. The van der Waals surface area contributed by atoms with Gasteiger partial charge in [0.2, 0.25) is 0 Å². The van der Waals surface area contributed by atoms with Gasteiger partial charge >= 0.3 is 0 Å². The summed E-state index contributed by atoms with van der Waals surface area (Å²) in [6.07, 6.45) is 2.94. The molecule has 0 aliphatic carbocycles. The summed E-state index contributed by atoms with van der Waals surface area (Å²) in [5, 5.41) is 7.02. The fourth-order valence-corrected chi connectivity index (χ4v) is 4.37. The van der Waals surface area contributed by atoms with Crippen molar-refractivity contribution in [3.05, 3.63) is 65.2 Å². The number of guanidine groups is 1. The molecular formula is C24H30F2N4O. The van der Waals surface area contributed by atoms with Crippen LogP contribution in [-0.2, 0) is 6.54 Å². The summed E-state index contributed by atoms with van der Waals surface area (Å²) in [4.78, 5) is 6.68. The Morgan fingerprint density at radius 2 is 1.90 bits per heavy atom. The van der Waals surface area contributed by atoms with Crippen molar-refractivity contribution in [2.45, 2.75) is 37.8 Å². The number of nitrogens with zero attached hydrogens (tertiary/aromatic N) is 2. The number of ether oxygens (including phenoxy) is 1. The minimum atomic E-state index is -0.796. The summed E-state index contributed by atoms with van der Waals surface area (Å²) >= 11 is 0. The summed E-state index contributed by atoms with van der Waals surface area (Å²) in [5.41, 5.74) is 2.06. The normalized spacial score (nSPS) is 20.1. The fourth-order valence-electron chi connectivity index (χ4n) is 4.37. The van der Waals surface area contributed by atoms with Gasteiger partial charge in [-0.1, -0.05) is 24.3 Å². The second kappa shape index (κ2) is 10.1. The van der Waals surface area contributed by atoms with Crippen molar-refractivity contribution in [1.82, 2.24) is 15.5 Å². The first-order valence-electron chi connectivity index (χ1n) is 11.0. The zero-order valence-electron chi connectivity index (χ0n) is 17.9. The Morgan fingerprint density at radius 3 is 2.68 bits per heavy atom. The number of hydrogen-bond acceptors (Lipinski definition) is 3. The van der Waals surface area contributed by atoms with E-state index in [9.17, 15) is 8.78 Å². The highest BCUT2D eigenvalue weighted by molar-refractivity contribution is 5.80. The number of benzene rings is 2. The lowest BCUT2D eigenvalue weighted by Gasteiger charge is -2.33. The van der Waals surface area contributed by atoms with Gasteiger partial charge in [0.25, 0.3) is 0 Å². The third kappa shape index (κ3) is 5.53. The van der Waals surface area contributed by atoms with Crippen LogP contribution in [0.15, 0.2) is 47.5 Å². The van der Waals surface area contributed by atoms with Gasteiger partial charge in [-0.05, 0) is 48.6 Å². The van der Waals surface area contributed by atoms with Crippen molar-refractivity contribution in [1.29, 1.82) is 0 Å². The van der Waals surface area contributed by atoms with Crippen molar-refractivity contribution in [3.63, 3.8) is 0 Å². The molecule has 2 N–H and O–H groups in total. The van der Waals surface area contributed by atoms with Gasteiger partial charge in [0.15, 0.2) is 17.6 Å². The van der Waals surface area contributed by atoms with E-state index in [1.54, 1.807) is 13.1 Å². The van der Waals surface area contributed by atoms with E-state index in [2.05, 4.69) is 32.7 Å². The van der Waals surface area contributed by atoms with Gasteiger partial charge in [-0.15, -0.1) is 0 Å². The van der Waals surface area contributed by atoms with E-state index in [1.165, 1.54) is 17.7 Å². The van der Waals surface area contributed by atoms with Crippen LogP contribution >= 0.6 is 0 Å². The molecule has 2 aliphatic rings. The van der Waals surface area contributed by atoms with E-state index in [4.69, 9.17) is 4.74 Å². The smallest absolute Gasteiger partial charge is 0.191 e. The molecule has 2 heterocycles. The Morgan fingerprint density at radius 1 is 1.10 bits per heavy atom. The zero-order valence-corrected chi connectivity index (χ0v) is 17.9. The number of piperidine rings is 1. The molecule has 2 aliphatic heterocycles. The minimum Gasteiger partial charge on any atom is -0.493 e. The number of para-hydroxylation sites is 1. The van der Waals surface area contributed by atoms with E-state index in [0.717, 1.165) is 62.8 Å². The topological polar surface area (TPSA) is 48.9 Å². The van der Waals surface area contributed by atoms with Gasteiger partial charge in [0, 0.05) is 45.2 Å². The molecule has 1 saturated heterocycles. The number of hydrogen-bond donors (Lipinski definition) is 2. The van der Waals surface area contributed by atoms with Crippen LogP contribution in [0, 0.1) is 11.6 Å². The summed E-state index contributed by atoms with van der Waals surface area (Å²) in [5.74, 6) is 0.632. The monoisotopic (exact) mass is 428 g/mol. The molecule has 1 atom stereocenters. The van der Waals surface area contributed by atoms with E-state index in [-0.39, 0.29) is 0 Å². The molecule has 2 aromatic rings. The summed E-state index contributed by atoms with van der Waals surface area (Å²) in [7, 11) is 1.80. The second-order valence-electron chi connectivity index (χ2n) is 8.27. The van der Waals surface area contributed by atoms with E-state index < -0.39 is 11.6 Å². The maximum absolute atomic E-state index is 13.4. The molecule has 31 heavy (non-hydrogen) atoms. The maximum atomic E-state index is 13.4. The van der Waals surface area contributed by atoms with Crippen LogP contribution in [0.3, 0.4) is 0 Å². The molecule has 0 bridgehead atoms. The average Bonchev–Trinajstić information content (AvgIpc) is 2.80. The predicted octanol–water partition coefficient (Wildman–Crippen LogP) is 3.66. The van der Waals surface area contributed by atoms with Crippen molar-refractivity contribution in [3.8, 4) is 5.75 Å². The Kier molecular flexibility index (Phi) is 7.02. The standard InChI is InChI=1S/C24H30F2N4O/c1-27-24(28-15-18-10-13-31-23-5-3-2-4-20(18)23)29-19-8-11-30(12-9-19)16-17-6-7-21(25)22(26)14-17/h2-7,14,18-19H,8-13,15-16H2,1H3,(H2,27,28,29). The minimum absolute atomic E-state index is 0.342. The molecular weight excluding hydrogens is 398 g/mol. The van der Waals surface area contributed by atoms with Gasteiger partial charge in [-0.2, -0.15) is 0 Å². The van der Waals surface area contributed by atoms with Crippen LogP contribution < -0.4 is 15.4 Å². The Bertz CT molecular complexity index is 912. The van der Waals surface area contributed by atoms with Gasteiger partial charge in [0.05, 0.1) is 6.61 Å². The lowest BCUT2D eigenvalue weighted by atomic mass is 9.93. The lowest BCUT2D eigenvalue weighted by Crippen LogP contribution is -2.49. The van der Waals surface area contributed by atoms with E-state index >= 15 is 0 Å². The van der Waals surface area contributed by atoms with Crippen LogP contribution in [0.2, 0.25) is 0 Å². The first-order chi connectivity index (χ1) is 15.1. The average molecular weight is 429 g/mol. The fraction of sp³-hybridized carbons (Fsp3) is 0.458. The predicted molar refractivity (Wildman–Crippen MR) is 118 cm³/mol. The highest BCUT2D eigenvalue weighted by Gasteiger charge is 2.23. The highest BCUT2D eigenvalue weighted by Crippen LogP contribution is 2.32. The maximum Gasteiger partial charge on any atom is 0.191 e. The van der Waals surface area contributed by atoms with Crippen LogP contribution in [0.1, 0.15) is 36.3 Å². The molecule has 166 valence electrons. The number of fused-ring (bicyclic) bond motifs is 1. The van der Waals surface area contributed by atoms with Gasteiger partial charge in [-0.25, -0.2) is 8.78 Å². The molecule has 4 rings (SSSR count). The first kappa shape index (κ1) is 21.6. The summed E-state index contributed by atoms with van der Waals surface area (Å²) in [6.45, 7) is 4.00. The van der Waals surface area contributed by atoms with Crippen LogP contribution in [0.4, 0.5) is 8.78 Å². The molecule has 0 radical (unpaired) electrons. The molecule has 0 amide bonds. The number of halogens is 2. The SMILES string of the molecule is CN=C(NCC1CCOc2ccccc21)NC1CCN(Cc2ccc(F)c(F)c2)CC1. The number of likely N-dealkylation sites (tertiary alicyclic amines) is 1. The van der Waals surface area contributed by atoms with Gasteiger partial charge in [0.1, 0.15) is 5.75 Å². The molecule has 1 unspecified atom stereocenters. The third-order valence-electron chi connectivity index (χ3n) is 6.14. The van der Waals surface area contributed by atoms with Crippen LogP contribution in [-0.4, -0.2) is 50.2 Å². The Hall–Kier alpha value is -2.67.